The summed E-state index contributed by atoms with van der Waals surface area (Å²) in [6, 6.07) is 14.6. The Morgan fingerprint density at radius 2 is 1.18 bits per heavy atom. The van der Waals surface area contributed by atoms with Gasteiger partial charge in [0.15, 0.2) is 4.87 Å². The maximum Gasteiger partial charge on any atom is 0.265 e. The summed E-state index contributed by atoms with van der Waals surface area (Å²) in [5.41, 5.74) is -1.21. The van der Waals surface area contributed by atoms with Gasteiger partial charge in [-0.15, -0.1) is 0 Å². The number of nitrogens with zero attached hydrogens (tertiary/aromatic N) is 4. The molecule has 0 aromatic heterocycles. The van der Waals surface area contributed by atoms with Gasteiger partial charge >= 0.3 is 0 Å². The number of carbonyl (C=O) groups is 4. The lowest BCUT2D eigenvalue weighted by molar-refractivity contribution is -0.169. The van der Waals surface area contributed by atoms with Crippen LogP contribution in [0.25, 0.3) is 0 Å². The minimum absolute atomic E-state index is 0.304. The van der Waals surface area contributed by atoms with Crippen LogP contribution in [0.3, 0.4) is 0 Å². The number of aliphatic hydroxyl groups is 3. The van der Waals surface area contributed by atoms with Gasteiger partial charge in [-0.1, -0.05) is 61.0 Å². The number of hydrogen-bond acceptors (Lipinski definition) is 15. The minimum atomic E-state index is -1.93. The zero-order valence-corrected chi connectivity index (χ0v) is 32.3. The van der Waals surface area contributed by atoms with Crippen LogP contribution in [0.4, 0.5) is 11.4 Å². The number of hydrogen-bond donors (Lipinski definition) is 5. The summed E-state index contributed by atoms with van der Waals surface area (Å²) < 4.78 is 0. The van der Waals surface area contributed by atoms with Gasteiger partial charge in [0, 0.05) is 25.5 Å². The fourth-order valence-electron chi connectivity index (χ4n) is 10.5. The first kappa shape index (κ1) is 33.5. The molecule has 8 saturated heterocycles. The molecule has 10 aliphatic heterocycles. The number of aliphatic hydroxyl groups excluding tert-OH is 3. The third-order valence-electron chi connectivity index (χ3n) is 12.7. The van der Waals surface area contributed by atoms with Crippen molar-refractivity contribution in [2.75, 3.05) is 31.3 Å². The molecule has 12 rings (SSSR count). The second kappa shape index (κ2) is 10.1. The average Bonchev–Trinajstić information content (AvgIpc) is 3.77. The van der Waals surface area contributed by atoms with Crippen LogP contribution in [-0.4, -0.2) is 123 Å². The standard InChI is InChI=1S/C32H32N6O7S6/c1-14(2)30-26(45)38-22-28(15-9-5-8-12-18(15)34-22,19(40)31(38,48-47-30)25(44)36(30)4)29-16-10-6-7-11-17(16)33-21(29)37-23(42)27(13-39)35(3)24(43)32(37,20(29)41)49-51-50-46-27/h5-12,14,19-22,33-34,39-41H,13H2,1-4H3/t19-,20-,21-,22+,27+,28+,29-,30-,31-,32+/m0/s1. The topological polar surface area (TPSA) is 166 Å². The molecule has 2 aromatic carbocycles. The largest absolute Gasteiger partial charge is 0.392 e. The van der Waals surface area contributed by atoms with Gasteiger partial charge in [-0.2, -0.15) is 0 Å². The molecular formula is C32H32N6O7S6. The molecule has 4 bridgehead atoms. The van der Waals surface area contributed by atoms with Gasteiger partial charge in [-0.05, 0) is 81.2 Å². The highest BCUT2D eigenvalue weighted by Gasteiger charge is 2.92. The number of anilines is 2. The number of fused-ring (bicyclic) bond motifs is 13. The summed E-state index contributed by atoms with van der Waals surface area (Å²) in [5, 5.41) is 45.1. The predicted molar refractivity (Wildman–Crippen MR) is 201 cm³/mol. The van der Waals surface area contributed by atoms with Gasteiger partial charge < -0.3 is 35.8 Å². The predicted octanol–water partition coefficient (Wildman–Crippen LogP) is 2.24. The van der Waals surface area contributed by atoms with E-state index >= 15 is 14.4 Å². The van der Waals surface area contributed by atoms with Crippen LogP contribution in [0.15, 0.2) is 48.5 Å². The molecule has 10 heterocycles. The summed E-state index contributed by atoms with van der Waals surface area (Å²) in [7, 11) is 10.1. The first-order valence-corrected chi connectivity index (χ1v) is 23.3. The Kier molecular flexibility index (Phi) is 6.66. The highest BCUT2D eigenvalue weighted by molar-refractivity contribution is 9.26. The van der Waals surface area contributed by atoms with Crippen LogP contribution in [0.2, 0.25) is 0 Å². The second-order valence-electron chi connectivity index (χ2n) is 14.5. The summed E-state index contributed by atoms with van der Waals surface area (Å²) in [5.74, 6) is -2.23. The van der Waals surface area contributed by atoms with Gasteiger partial charge in [-0.25, -0.2) is 0 Å². The van der Waals surface area contributed by atoms with E-state index in [0.717, 1.165) is 21.6 Å². The summed E-state index contributed by atoms with van der Waals surface area (Å²) in [4.78, 5) is 59.2. The molecule has 51 heavy (non-hydrogen) atoms. The van der Waals surface area contributed by atoms with Crippen molar-refractivity contribution in [3.63, 3.8) is 0 Å². The lowest BCUT2D eigenvalue weighted by Crippen LogP contribution is -2.79. The summed E-state index contributed by atoms with van der Waals surface area (Å²) in [6.07, 6.45) is -5.63. The Morgan fingerprint density at radius 1 is 0.686 bits per heavy atom. The van der Waals surface area contributed by atoms with Gasteiger partial charge in [0.2, 0.25) is 14.6 Å². The van der Waals surface area contributed by atoms with E-state index in [1.807, 2.05) is 62.4 Å². The van der Waals surface area contributed by atoms with E-state index in [4.69, 9.17) is 0 Å². The van der Waals surface area contributed by atoms with E-state index in [1.165, 1.54) is 67.9 Å². The van der Waals surface area contributed by atoms with Crippen LogP contribution >= 0.6 is 62.8 Å². The molecule has 8 fully saturated rings. The first-order valence-electron chi connectivity index (χ1n) is 16.3. The SMILES string of the molecule is CC(C)[C@@]12SS[C@]3(C(=O)N1C)[C@@H](O)[C@]1([C@]45c6ccccc6N[C@H]4N4C(=O)[C@@]6(CO)SSSS[C@@]4(C(=O)N6C)[C@H]5O)c4ccccc4N[C@@H]1N3C2=O. The van der Waals surface area contributed by atoms with Gasteiger partial charge in [0.05, 0.1) is 17.4 Å². The third-order valence-corrected chi connectivity index (χ3v) is 23.9. The molecule has 2 spiro atoms. The zero-order valence-electron chi connectivity index (χ0n) is 27.4. The van der Waals surface area contributed by atoms with Crippen molar-refractivity contribution in [2.24, 2.45) is 5.92 Å². The van der Waals surface area contributed by atoms with Crippen molar-refractivity contribution in [1.82, 2.24) is 19.6 Å². The van der Waals surface area contributed by atoms with Crippen molar-refractivity contribution < 1.29 is 34.5 Å². The van der Waals surface area contributed by atoms with E-state index in [9.17, 15) is 20.1 Å². The molecule has 19 heteroatoms. The molecule has 10 aliphatic rings. The van der Waals surface area contributed by atoms with E-state index < -0.39 is 79.2 Å². The van der Waals surface area contributed by atoms with Crippen LogP contribution in [-0.2, 0) is 30.0 Å². The quantitative estimate of drug-likeness (QED) is 0.287. The molecule has 10 atom stereocenters. The minimum Gasteiger partial charge on any atom is -0.392 e. The smallest absolute Gasteiger partial charge is 0.265 e. The van der Waals surface area contributed by atoms with Crippen LogP contribution in [0.5, 0.6) is 0 Å². The Labute approximate surface area is 315 Å². The number of amides is 4. The van der Waals surface area contributed by atoms with Crippen LogP contribution < -0.4 is 10.6 Å². The number of likely N-dealkylation sites (N-methyl/N-ethyl adjacent to an activating group) is 2. The fourth-order valence-corrected chi connectivity index (χ4v) is 22.4. The molecule has 0 saturated carbocycles. The lowest BCUT2D eigenvalue weighted by Gasteiger charge is -2.60. The molecule has 0 radical (unpaired) electrons. The number of nitrogens with one attached hydrogen (secondary N) is 2. The number of benzene rings is 2. The Hall–Kier alpha value is -2.10. The number of carbonyl (C=O) groups excluding carboxylic acids is 4. The van der Waals surface area contributed by atoms with E-state index in [2.05, 4.69) is 10.6 Å². The third kappa shape index (κ3) is 3.05. The molecule has 268 valence electrons. The first-order chi connectivity index (χ1) is 24.3. The normalized spacial score (nSPS) is 44.2. The van der Waals surface area contributed by atoms with Crippen LogP contribution in [0.1, 0.15) is 25.0 Å². The maximum absolute atomic E-state index is 15.2. The molecule has 0 unspecified atom stereocenters. The fraction of sp³-hybridized carbons (Fsp3) is 0.500. The molecule has 5 N–H and O–H groups in total. The molecule has 4 amide bonds. The van der Waals surface area contributed by atoms with Gasteiger partial charge in [0.1, 0.15) is 24.5 Å². The Bertz CT molecular complexity index is 2020. The van der Waals surface area contributed by atoms with Crippen molar-refractivity contribution in [3.8, 4) is 0 Å². The summed E-state index contributed by atoms with van der Waals surface area (Å²) >= 11 is 0. The lowest BCUT2D eigenvalue weighted by atomic mass is 9.52. The zero-order chi connectivity index (χ0) is 35.8. The number of rotatable bonds is 3. The molecule has 13 nitrogen and oxygen atoms in total. The van der Waals surface area contributed by atoms with E-state index in [-0.39, 0.29) is 11.8 Å². The molecular weight excluding hydrogens is 773 g/mol. The summed E-state index contributed by atoms with van der Waals surface area (Å²) in [6.45, 7) is 3.11. The highest BCUT2D eigenvalue weighted by Crippen LogP contribution is 2.78. The molecule has 2 aromatic rings. The van der Waals surface area contributed by atoms with Crippen molar-refractivity contribution in [1.29, 1.82) is 0 Å². The highest BCUT2D eigenvalue weighted by atomic mass is 33.7. The Balaban J connectivity index is 1.34. The van der Waals surface area contributed by atoms with Crippen molar-refractivity contribution >= 4 is 97.8 Å². The number of piperazine rings is 2. The monoisotopic (exact) mass is 804 g/mol. The maximum atomic E-state index is 15.2. The second-order valence-corrected chi connectivity index (χ2v) is 23.2. The van der Waals surface area contributed by atoms with E-state index in [1.54, 1.807) is 7.05 Å². The Morgan fingerprint density at radius 3 is 1.73 bits per heavy atom. The molecule has 0 aliphatic carbocycles. The van der Waals surface area contributed by atoms with Crippen LogP contribution in [0, 0.1) is 5.92 Å². The van der Waals surface area contributed by atoms with Crippen molar-refractivity contribution in [3.05, 3.63) is 59.7 Å². The average molecular weight is 805 g/mol. The van der Waals surface area contributed by atoms with Crippen molar-refractivity contribution in [2.45, 2.75) is 68.7 Å². The van der Waals surface area contributed by atoms with Gasteiger partial charge in [0.25, 0.3) is 23.6 Å². The number of para-hydroxylation sites is 2. The van der Waals surface area contributed by atoms with Gasteiger partial charge in [-0.3, -0.25) is 29.0 Å². The van der Waals surface area contributed by atoms with E-state index in [0.29, 0.717) is 22.5 Å².